The molecule has 2 N–H and O–H groups in total. The van der Waals surface area contributed by atoms with Gasteiger partial charge in [0, 0.05) is 19.7 Å². The lowest BCUT2D eigenvalue weighted by Crippen LogP contribution is -2.64. The number of rotatable bonds is 4. The smallest absolute Gasteiger partial charge is 0.142 e. The molecule has 0 spiro atoms. The molecule has 110 valence electrons. The summed E-state index contributed by atoms with van der Waals surface area (Å²) >= 11 is 0. The van der Waals surface area contributed by atoms with Crippen LogP contribution in [0.25, 0.3) is 0 Å². The van der Waals surface area contributed by atoms with Crippen LogP contribution in [0.4, 0.5) is 5.69 Å². The number of ether oxygens (including phenoxy) is 2. The molecule has 2 aliphatic rings. The fourth-order valence-corrected chi connectivity index (χ4v) is 3.46. The fourth-order valence-electron chi connectivity index (χ4n) is 3.46. The summed E-state index contributed by atoms with van der Waals surface area (Å²) < 4.78 is 11.6. The topological polar surface area (TPSA) is 47.7 Å². The molecule has 0 bridgehead atoms. The van der Waals surface area contributed by atoms with Crippen molar-refractivity contribution in [3.63, 3.8) is 0 Å². The largest absolute Gasteiger partial charge is 0.491 e. The van der Waals surface area contributed by atoms with Gasteiger partial charge in [0.1, 0.15) is 5.75 Å². The van der Waals surface area contributed by atoms with Gasteiger partial charge in [0.15, 0.2) is 0 Å². The number of para-hydroxylation sites is 2. The first-order valence-electron chi connectivity index (χ1n) is 7.60. The van der Waals surface area contributed by atoms with Crippen molar-refractivity contribution in [2.24, 2.45) is 5.73 Å². The number of nitrogens with two attached hydrogens (primary N) is 1. The molecule has 3 rings (SSSR count). The first kappa shape index (κ1) is 13.7. The van der Waals surface area contributed by atoms with Gasteiger partial charge in [-0.05, 0) is 38.3 Å². The molecule has 20 heavy (non-hydrogen) atoms. The molecule has 1 aliphatic carbocycles. The Morgan fingerprint density at radius 2 is 2.20 bits per heavy atom. The van der Waals surface area contributed by atoms with Gasteiger partial charge in [-0.3, -0.25) is 0 Å². The molecular formula is C16H24N2O2. The highest BCUT2D eigenvalue weighted by Crippen LogP contribution is 2.45. The van der Waals surface area contributed by atoms with Gasteiger partial charge >= 0.3 is 0 Å². The van der Waals surface area contributed by atoms with Crippen LogP contribution in [-0.4, -0.2) is 37.9 Å². The van der Waals surface area contributed by atoms with E-state index in [1.807, 2.05) is 6.07 Å². The minimum atomic E-state index is 0.0453. The Morgan fingerprint density at radius 1 is 1.40 bits per heavy atom. The molecule has 1 aromatic rings. The van der Waals surface area contributed by atoms with Crippen LogP contribution >= 0.6 is 0 Å². The SMILES string of the molecule is CCOC1CC(CN)(N2CCCOc3ccccc32)C1. The lowest BCUT2D eigenvalue weighted by Gasteiger charge is -2.54. The van der Waals surface area contributed by atoms with Crippen molar-refractivity contribution in [1.29, 1.82) is 0 Å². The first-order valence-corrected chi connectivity index (χ1v) is 7.60. The Balaban J connectivity index is 1.85. The molecule has 1 aromatic carbocycles. The van der Waals surface area contributed by atoms with E-state index in [4.69, 9.17) is 15.2 Å². The summed E-state index contributed by atoms with van der Waals surface area (Å²) in [6, 6.07) is 8.30. The van der Waals surface area contributed by atoms with Crippen LogP contribution in [0.2, 0.25) is 0 Å². The third-order valence-electron chi connectivity index (χ3n) is 4.51. The number of benzene rings is 1. The predicted octanol–water partition coefficient (Wildman–Crippen LogP) is 2.17. The van der Waals surface area contributed by atoms with Gasteiger partial charge in [-0.1, -0.05) is 12.1 Å². The van der Waals surface area contributed by atoms with Crippen molar-refractivity contribution >= 4 is 5.69 Å². The minimum Gasteiger partial charge on any atom is -0.491 e. The van der Waals surface area contributed by atoms with Gasteiger partial charge in [0.05, 0.1) is 23.9 Å². The van der Waals surface area contributed by atoms with Crippen LogP contribution in [-0.2, 0) is 4.74 Å². The van der Waals surface area contributed by atoms with Gasteiger partial charge in [0.2, 0.25) is 0 Å². The molecule has 0 amide bonds. The van der Waals surface area contributed by atoms with Gasteiger partial charge in [0.25, 0.3) is 0 Å². The molecule has 1 fully saturated rings. The van der Waals surface area contributed by atoms with E-state index < -0.39 is 0 Å². The van der Waals surface area contributed by atoms with Gasteiger partial charge < -0.3 is 20.1 Å². The maximum Gasteiger partial charge on any atom is 0.142 e. The fraction of sp³-hybridized carbons (Fsp3) is 0.625. The standard InChI is InChI=1S/C16H24N2O2/c1-2-19-13-10-16(11-13,12-17)18-8-5-9-20-15-7-4-3-6-14(15)18/h3-4,6-7,13H,2,5,8-12,17H2,1H3. The number of anilines is 1. The monoisotopic (exact) mass is 276 g/mol. The zero-order valence-electron chi connectivity index (χ0n) is 12.2. The van der Waals surface area contributed by atoms with Crippen LogP contribution in [0.15, 0.2) is 24.3 Å². The number of fused-ring (bicyclic) bond motifs is 1. The highest BCUT2D eigenvalue weighted by Gasteiger charge is 2.49. The molecule has 1 saturated carbocycles. The Morgan fingerprint density at radius 3 is 2.95 bits per heavy atom. The highest BCUT2D eigenvalue weighted by molar-refractivity contribution is 5.61. The molecule has 4 heteroatoms. The number of nitrogens with zero attached hydrogens (tertiary/aromatic N) is 1. The minimum absolute atomic E-state index is 0.0453. The van der Waals surface area contributed by atoms with Crippen molar-refractivity contribution in [3.05, 3.63) is 24.3 Å². The first-order chi connectivity index (χ1) is 9.79. The van der Waals surface area contributed by atoms with Gasteiger partial charge in [-0.15, -0.1) is 0 Å². The Labute approximate surface area is 120 Å². The van der Waals surface area contributed by atoms with Crippen LogP contribution in [0.1, 0.15) is 26.2 Å². The molecule has 0 unspecified atom stereocenters. The lowest BCUT2D eigenvalue weighted by atomic mass is 9.72. The molecular weight excluding hydrogens is 252 g/mol. The maximum absolute atomic E-state index is 6.13. The van der Waals surface area contributed by atoms with Gasteiger partial charge in [-0.2, -0.15) is 0 Å². The normalized spacial score (nSPS) is 29.1. The quantitative estimate of drug-likeness (QED) is 0.915. The van der Waals surface area contributed by atoms with E-state index in [0.717, 1.165) is 44.8 Å². The van der Waals surface area contributed by atoms with E-state index in [0.29, 0.717) is 12.6 Å². The Bertz CT molecular complexity index is 458. The molecule has 0 atom stereocenters. The summed E-state index contributed by atoms with van der Waals surface area (Å²) in [5, 5.41) is 0. The van der Waals surface area contributed by atoms with E-state index in [1.165, 1.54) is 5.69 Å². The molecule has 0 radical (unpaired) electrons. The third kappa shape index (κ3) is 2.27. The van der Waals surface area contributed by atoms with Crippen molar-refractivity contribution in [1.82, 2.24) is 0 Å². The second-order valence-corrected chi connectivity index (χ2v) is 5.74. The second-order valence-electron chi connectivity index (χ2n) is 5.74. The average molecular weight is 276 g/mol. The number of hydrogen-bond donors (Lipinski definition) is 1. The van der Waals surface area contributed by atoms with Crippen molar-refractivity contribution in [2.75, 3.05) is 31.2 Å². The van der Waals surface area contributed by atoms with E-state index in [-0.39, 0.29) is 5.54 Å². The second kappa shape index (κ2) is 5.62. The summed E-state index contributed by atoms with van der Waals surface area (Å²) in [6.07, 6.45) is 3.44. The van der Waals surface area contributed by atoms with Crippen molar-refractivity contribution in [2.45, 2.75) is 37.8 Å². The summed E-state index contributed by atoms with van der Waals surface area (Å²) in [7, 11) is 0. The Kier molecular flexibility index (Phi) is 3.85. The van der Waals surface area contributed by atoms with Crippen molar-refractivity contribution < 1.29 is 9.47 Å². The van der Waals surface area contributed by atoms with Crippen LogP contribution < -0.4 is 15.4 Å². The lowest BCUT2D eigenvalue weighted by molar-refractivity contribution is -0.0369. The average Bonchev–Trinajstić information content (AvgIpc) is 2.65. The third-order valence-corrected chi connectivity index (χ3v) is 4.51. The van der Waals surface area contributed by atoms with Crippen LogP contribution in [0, 0.1) is 0 Å². The molecule has 1 heterocycles. The highest BCUT2D eigenvalue weighted by atomic mass is 16.5. The van der Waals surface area contributed by atoms with E-state index in [2.05, 4.69) is 30.0 Å². The summed E-state index contributed by atoms with van der Waals surface area (Å²) in [5.41, 5.74) is 7.36. The van der Waals surface area contributed by atoms with Gasteiger partial charge in [-0.25, -0.2) is 0 Å². The van der Waals surface area contributed by atoms with Crippen LogP contribution in [0.3, 0.4) is 0 Å². The molecule has 0 aromatic heterocycles. The molecule has 0 saturated heterocycles. The summed E-state index contributed by atoms with van der Waals surface area (Å²) in [6.45, 7) is 5.30. The van der Waals surface area contributed by atoms with E-state index >= 15 is 0 Å². The summed E-state index contributed by atoms with van der Waals surface area (Å²) in [4.78, 5) is 2.46. The maximum atomic E-state index is 6.13. The Hall–Kier alpha value is -1.26. The molecule has 4 nitrogen and oxygen atoms in total. The van der Waals surface area contributed by atoms with Crippen LogP contribution in [0.5, 0.6) is 5.75 Å². The summed E-state index contributed by atoms with van der Waals surface area (Å²) in [5.74, 6) is 0.984. The van der Waals surface area contributed by atoms with Crippen molar-refractivity contribution in [3.8, 4) is 5.75 Å². The molecule has 1 aliphatic heterocycles. The predicted molar refractivity (Wildman–Crippen MR) is 80.3 cm³/mol. The van der Waals surface area contributed by atoms with E-state index in [9.17, 15) is 0 Å². The zero-order valence-corrected chi connectivity index (χ0v) is 12.2. The van der Waals surface area contributed by atoms with E-state index in [1.54, 1.807) is 0 Å². The number of hydrogen-bond acceptors (Lipinski definition) is 4. The zero-order chi connectivity index (χ0) is 14.0.